The summed E-state index contributed by atoms with van der Waals surface area (Å²) in [7, 11) is 0. The van der Waals surface area contributed by atoms with Crippen LogP contribution < -0.4 is 14.8 Å². The Morgan fingerprint density at radius 3 is 2.71 bits per heavy atom. The van der Waals surface area contributed by atoms with Crippen LogP contribution in [0, 0.1) is 6.92 Å². The number of hydrogen-bond donors (Lipinski definition) is 2. The van der Waals surface area contributed by atoms with Crippen molar-refractivity contribution in [3.8, 4) is 22.8 Å². The highest BCUT2D eigenvalue weighted by Crippen LogP contribution is 2.41. The van der Waals surface area contributed by atoms with Crippen LogP contribution in [0.2, 0.25) is 0 Å². The van der Waals surface area contributed by atoms with Gasteiger partial charge in [0.2, 0.25) is 12.7 Å². The van der Waals surface area contributed by atoms with E-state index in [1.54, 1.807) is 18.2 Å². The number of carbonyl (C=O) groups is 2. The summed E-state index contributed by atoms with van der Waals surface area (Å²) in [4.78, 5) is 25.5. The van der Waals surface area contributed by atoms with Crippen molar-refractivity contribution in [1.29, 1.82) is 0 Å². The molecule has 2 aliphatic heterocycles. The molecule has 1 atom stereocenters. The van der Waals surface area contributed by atoms with Crippen LogP contribution in [0.4, 0.5) is 5.82 Å². The van der Waals surface area contributed by atoms with Crippen LogP contribution in [0.15, 0.2) is 42.5 Å². The fourth-order valence-electron chi connectivity index (χ4n) is 3.67. The highest BCUT2D eigenvalue weighted by Gasteiger charge is 2.36. The molecule has 3 heterocycles. The molecule has 0 bridgehead atoms. The van der Waals surface area contributed by atoms with E-state index in [4.69, 9.17) is 9.47 Å². The second-order valence-corrected chi connectivity index (χ2v) is 6.96. The summed E-state index contributed by atoms with van der Waals surface area (Å²) in [6.07, 6.45) is 0.0681. The number of benzene rings is 2. The van der Waals surface area contributed by atoms with E-state index in [1.807, 2.05) is 31.2 Å². The lowest BCUT2D eigenvalue weighted by Gasteiger charge is -2.22. The molecule has 2 N–H and O–H groups in total. The Morgan fingerprint density at radius 2 is 1.89 bits per heavy atom. The standard InChI is InChI=1S/C21H17N3O4/c1-11-2-4-12(5-3-11)19-18-14(9-17(25)22-21(18)24-23-19)20(26)13-6-7-15-16(8-13)28-10-27-15/h2-8,14H,9-10H2,1H3,(H2,22,23,24,25). The van der Waals surface area contributed by atoms with Crippen molar-refractivity contribution < 1.29 is 19.1 Å². The minimum atomic E-state index is -0.626. The van der Waals surface area contributed by atoms with Gasteiger partial charge in [0.25, 0.3) is 0 Å². The number of amides is 1. The maximum absolute atomic E-state index is 13.3. The molecule has 2 aliphatic rings. The quantitative estimate of drug-likeness (QED) is 0.684. The highest BCUT2D eigenvalue weighted by molar-refractivity contribution is 6.09. The van der Waals surface area contributed by atoms with Crippen LogP contribution >= 0.6 is 0 Å². The molecule has 0 fully saturated rings. The van der Waals surface area contributed by atoms with Crippen LogP contribution in [0.5, 0.6) is 11.5 Å². The number of aromatic amines is 1. The number of aromatic nitrogens is 2. The first-order chi connectivity index (χ1) is 13.6. The summed E-state index contributed by atoms with van der Waals surface area (Å²) in [6.45, 7) is 2.15. The molecule has 3 aromatic rings. The average Bonchev–Trinajstić information content (AvgIpc) is 3.33. The number of fused-ring (bicyclic) bond motifs is 2. The molecular weight excluding hydrogens is 358 g/mol. The van der Waals surface area contributed by atoms with Crippen molar-refractivity contribution in [1.82, 2.24) is 10.2 Å². The highest BCUT2D eigenvalue weighted by atomic mass is 16.7. The number of Topliss-reactive ketones (excluding diaryl/α,β-unsaturated/α-hetero) is 1. The van der Waals surface area contributed by atoms with Gasteiger partial charge in [-0.1, -0.05) is 29.8 Å². The molecule has 0 radical (unpaired) electrons. The maximum Gasteiger partial charge on any atom is 0.231 e. The van der Waals surface area contributed by atoms with Crippen molar-refractivity contribution in [3.63, 3.8) is 0 Å². The van der Waals surface area contributed by atoms with Gasteiger partial charge >= 0.3 is 0 Å². The van der Waals surface area contributed by atoms with E-state index in [2.05, 4.69) is 15.5 Å². The lowest BCUT2D eigenvalue weighted by molar-refractivity contribution is -0.116. The summed E-state index contributed by atoms with van der Waals surface area (Å²) in [6, 6.07) is 13.0. The zero-order valence-corrected chi connectivity index (χ0v) is 15.1. The van der Waals surface area contributed by atoms with Gasteiger partial charge in [0, 0.05) is 17.5 Å². The maximum atomic E-state index is 13.3. The van der Waals surface area contributed by atoms with E-state index in [0.29, 0.717) is 28.4 Å². The number of ether oxygens (including phenoxy) is 2. The number of hydrogen-bond acceptors (Lipinski definition) is 5. The van der Waals surface area contributed by atoms with Crippen molar-refractivity contribution in [2.75, 3.05) is 12.1 Å². The van der Waals surface area contributed by atoms with E-state index in [-0.39, 0.29) is 24.9 Å². The third-order valence-electron chi connectivity index (χ3n) is 5.11. The van der Waals surface area contributed by atoms with Gasteiger partial charge in [0.05, 0.1) is 11.6 Å². The van der Waals surface area contributed by atoms with Gasteiger partial charge < -0.3 is 14.8 Å². The van der Waals surface area contributed by atoms with Crippen LogP contribution in [0.25, 0.3) is 11.3 Å². The minimum Gasteiger partial charge on any atom is -0.454 e. The van der Waals surface area contributed by atoms with Gasteiger partial charge in [-0.25, -0.2) is 0 Å². The molecule has 28 heavy (non-hydrogen) atoms. The number of rotatable bonds is 3. The summed E-state index contributed by atoms with van der Waals surface area (Å²) in [5.41, 5.74) is 3.99. The molecule has 2 aromatic carbocycles. The molecule has 1 unspecified atom stereocenters. The van der Waals surface area contributed by atoms with Gasteiger partial charge in [-0.05, 0) is 30.7 Å². The molecule has 0 saturated carbocycles. The van der Waals surface area contributed by atoms with Crippen LogP contribution in [-0.4, -0.2) is 28.7 Å². The van der Waals surface area contributed by atoms with E-state index < -0.39 is 5.92 Å². The van der Waals surface area contributed by atoms with Gasteiger partial charge in [-0.15, -0.1) is 0 Å². The number of anilines is 1. The second-order valence-electron chi connectivity index (χ2n) is 6.96. The van der Waals surface area contributed by atoms with Gasteiger partial charge in [0.15, 0.2) is 23.1 Å². The van der Waals surface area contributed by atoms with Gasteiger partial charge in [-0.2, -0.15) is 5.10 Å². The molecule has 0 spiro atoms. The number of carbonyl (C=O) groups excluding carboxylic acids is 2. The van der Waals surface area contributed by atoms with Crippen molar-refractivity contribution >= 4 is 17.5 Å². The number of ketones is 1. The van der Waals surface area contributed by atoms with E-state index in [0.717, 1.165) is 16.8 Å². The number of nitrogens with one attached hydrogen (secondary N) is 2. The zero-order chi connectivity index (χ0) is 19.3. The smallest absolute Gasteiger partial charge is 0.231 e. The number of H-pyrrole nitrogens is 1. The normalized spacial score (nSPS) is 17.2. The molecule has 7 heteroatoms. The van der Waals surface area contributed by atoms with Crippen LogP contribution in [-0.2, 0) is 4.79 Å². The fraction of sp³-hybridized carbons (Fsp3) is 0.190. The first kappa shape index (κ1) is 16.6. The Balaban J connectivity index is 1.58. The van der Waals surface area contributed by atoms with Crippen LogP contribution in [0.3, 0.4) is 0 Å². The average molecular weight is 375 g/mol. The molecular formula is C21H17N3O4. The van der Waals surface area contributed by atoms with Crippen LogP contribution in [0.1, 0.15) is 33.8 Å². The Labute approximate surface area is 160 Å². The van der Waals surface area contributed by atoms with Crippen molar-refractivity contribution in [3.05, 3.63) is 59.2 Å². The summed E-state index contributed by atoms with van der Waals surface area (Å²) in [5, 5.41) is 9.99. The largest absolute Gasteiger partial charge is 0.454 e. The molecule has 0 saturated heterocycles. The molecule has 7 nitrogen and oxygen atoms in total. The Kier molecular flexibility index (Phi) is 3.68. The topological polar surface area (TPSA) is 93.3 Å². The monoisotopic (exact) mass is 375 g/mol. The number of aryl methyl sites for hydroxylation is 1. The third kappa shape index (κ3) is 2.63. The number of nitrogens with zero attached hydrogens (tertiary/aromatic N) is 1. The first-order valence-electron chi connectivity index (χ1n) is 8.99. The van der Waals surface area contributed by atoms with E-state index in [1.165, 1.54) is 0 Å². The molecule has 0 aliphatic carbocycles. The van der Waals surface area contributed by atoms with Gasteiger partial charge in [-0.3, -0.25) is 14.7 Å². The Morgan fingerprint density at radius 1 is 1.11 bits per heavy atom. The fourth-order valence-corrected chi connectivity index (χ4v) is 3.67. The predicted molar refractivity (Wildman–Crippen MR) is 102 cm³/mol. The van der Waals surface area contributed by atoms with E-state index >= 15 is 0 Å². The zero-order valence-electron chi connectivity index (χ0n) is 15.1. The molecule has 1 aromatic heterocycles. The molecule has 1 amide bonds. The van der Waals surface area contributed by atoms with Crippen molar-refractivity contribution in [2.24, 2.45) is 0 Å². The first-order valence-corrected chi connectivity index (χ1v) is 8.99. The van der Waals surface area contributed by atoms with Crippen molar-refractivity contribution in [2.45, 2.75) is 19.3 Å². The SMILES string of the molecule is Cc1ccc(-c2[nH]nc3c2C(C(=O)c2ccc4c(c2)OCO4)CC(=O)N3)cc1. The predicted octanol–water partition coefficient (Wildman–Crippen LogP) is 3.42. The Hall–Kier alpha value is -3.61. The lowest BCUT2D eigenvalue weighted by atomic mass is 9.84. The van der Waals surface area contributed by atoms with E-state index in [9.17, 15) is 9.59 Å². The lowest BCUT2D eigenvalue weighted by Crippen LogP contribution is -2.27. The summed E-state index contributed by atoms with van der Waals surface area (Å²) < 4.78 is 10.7. The van der Waals surface area contributed by atoms with Gasteiger partial charge in [0.1, 0.15) is 0 Å². The summed E-state index contributed by atoms with van der Waals surface area (Å²) in [5.74, 6) is 0.558. The molecule has 5 rings (SSSR count). The Bertz CT molecular complexity index is 1100. The summed E-state index contributed by atoms with van der Waals surface area (Å²) >= 11 is 0. The molecule has 140 valence electrons. The third-order valence-corrected chi connectivity index (χ3v) is 5.11. The minimum absolute atomic E-state index is 0.0681. The second kappa shape index (κ2) is 6.23.